The molecule has 1 saturated heterocycles. The van der Waals surface area contributed by atoms with Crippen LogP contribution < -0.4 is 0 Å². The molecule has 0 atom stereocenters. The van der Waals surface area contributed by atoms with Crippen LogP contribution in [0.15, 0.2) is 15.1 Å². The van der Waals surface area contributed by atoms with Crippen LogP contribution in [0.4, 0.5) is 0 Å². The van der Waals surface area contributed by atoms with Crippen molar-refractivity contribution >= 4 is 5.91 Å². The quantitative estimate of drug-likeness (QED) is 0.608. The van der Waals surface area contributed by atoms with Gasteiger partial charge in [-0.15, -0.1) is 0 Å². The second kappa shape index (κ2) is 8.50. The molecule has 1 aliphatic heterocycles. The maximum atomic E-state index is 13.2. The Morgan fingerprint density at radius 3 is 2.53 bits per heavy atom. The zero-order chi connectivity index (χ0) is 23.0. The first-order valence-electron chi connectivity index (χ1n) is 11.0. The average molecular weight is 442 g/mol. The lowest BCUT2D eigenvalue weighted by Crippen LogP contribution is -2.36. The fourth-order valence-electron chi connectivity index (χ4n) is 3.94. The Bertz CT molecular complexity index is 1090. The summed E-state index contributed by atoms with van der Waals surface area (Å²) >= 11 is 0. The third-order valence-corrected chi connectivity index (χ3v) is 5.82. The maximum Gasteiger partial charge on any atom is 0.272 e. The first-order valence-corrected chi connectivity index (χ1v) is 11.0. The molecule has 3 aromatic heterocycles. The molecule has 1 aliphatic rings. The molecule has 0 unspecified atom stereocenters. The van der Waals surface area contributed by atoms with Crippen LogP contribution in [0.3, 0.4) is 0 Å². The van der Waals surface area contributed by atoms with Gasteiger partial charge in [-0.25, -0.2) is 0 Å². The molecule has 4 heterocycles. The number of carbonyl (C=O) groups excluding carboxylic acids is 1. The van der Waals surface area contributed by atoms with E-state index in [1.165, 1.54) is 0 Å². The molecule has 0 radical (unpaired) electrons. The van der Waals surface area contributed by atoms with E-state index in [1.807, 2.05) is 31.9 Å². The average Bonchev–Trinajstić information content (AvgIpc) is 3.37. The van der Waals surface area contributed by atoms with Gasteiger partial charge in [0.25, 0.3) is 11.8 Å². The highest BCUT2D eigenvalue weighted by molar-refractivity contribution is 5.92. The molecule has 10 nitrogen and oxygen atoms in total. The van der Waals surface area contributed by atoms with Gasteiger partial charge in [0.15, 0.2) is 5.82 Å². The molecule has 1 amide bonds. The summed E-state index contributed by atoms with van der Waals surface area (Å²) in [6.07, 6.45) is 0.879. The Hall–Kier alpha value is -3.01. The highest BCUT2D eigenvalue weighted by Gasteiger charge is 2.27. The third-order valence-electron chi connectivity index (χ3n) is 5.82. The van der Waals surface area contributed by atoms with E-state index in [9.17, 15) is 4.79 Å². The Morgan fingerprint density at radius 2 is 1.88 bits per heavy atom. The summed E-state index contributed by atoms with van der Waals surface area (Å²) in [4.78, 5) is 21.9. The van der Waals surface area contributed by atoms with Crippen molar-refractivity contribution < 1.29 is 13.8 Å². The van der Waals surface area contributed by atoms with E-state index >= 15 is 0 Å². The number of aryl methyl sites for hydroxylation is 3. The predicted molar refractivity (Wildman–Crippen MR) is 117 cm³/mol. The first-order chi connectivity index (χ1) is 15.1. The fraction of sp³-hybridized carbons (Fsp3) is 0.591. The normalized spacial score (nSPS) is 15.9. The Kier molecular flexibility index (Phi) is 5.89. The van der Waals surface area contributed by atoms with Gasteiger partial charge in [0.2, 0.25) is 0 Å². The molecule has 32 heavy (non-hydrogen) atoms. The van der Waals surface area contributed by atoms with Crippen molar-refractivity contribution in [1.29, 1.82) is 0 Å². The van der Waals surface area contributed by atoms with Crippen molar-refractivity contribution in [2.75, 3.05) is 26.2 Å². The van der Waals surface area contributed by atoms with E-state index in [-0.39, 0.29) is 11.3 Å². The monoisotopic (exact) mass is 441 g/mol. The van der Waals surface area contributed by atoms with Crippen LogP contribution in [0.1, 0.15) is 60.7 Å². The molecule has 10 heteroatoms. The van der Waals surface area contributed by atoms with E-state index in [2.05, 4.69) is 46.1 Å². The number of hydrogen-bond acceptors (Lipinski definition) is 8. The first kappa shape index (κ1) is 22.2. The number of nitrogens with zero attached hydrogens (tertiary/aromatic N) is 7. The largest absolute Gasteiger partial charge is 0.361 e. The highest BCUT2D eigenvalue weighted by Crippen LogP contribution is 2.25. The molecular formula is C22H31N7O3. The Morgan fingerprint density at radius 1 is 1.09 bits per heavy atom. The number of aromatic nitrogens is 5. The molecule has 4 rings (SSSR count). The summed E-state index contributed by atoms with van der Waals surface area (Å²) in [7, 11) is 1.83. The zero-order valence-electron chi connectivity index (χ0n) is 19.7. The lowest BCUT2D eigenvalue weighted by molar-refractivity contribution is 0.0750. The topological polar surface area (TPSA) is 106 Å². The van der Waals surface area contributed by atoms with Gasteiger partial charge in [-0.2, -0.15) is 10.1 Å². The van der Waals surface area contributed by atoms with E-state index in [1.54, 1.807) is 4.68 Å². The number of carbonyl (C=O) groups is 1. The number of amides is 1. The zero-order valence-corrected chi connectivity index (χ0v) is 19.7. The Balaban J connectivity index is 1.40. The van der Waals surface area contributed by atoms with Crippen LogP contribution in [-0.2, 0) is 19.0 Å². The van der Waals surface area contributed by atoms with E-state index in [0.717, 1.165) is 36.5 Å². The van der Waals surface area contributed by atoms with Crippen LogP contribution in [0.25, 0.3) is 11.5 Å². The lowest BCUT2D eigenvalue weighted by atomic mass is 9.92. The van der Waals surface area contributed by atoms with Gasteiger partial charge in [-0.05, 0) is 26.3 Å². The van der Waals surface area contributed by atoms with Crippen LogP contribution in [0, 0.1) is 13.8 Å². The number of hydrogen-bond donors (Lipinski definition) is 0. The van der Waals surface area contributed by atoms with Crippen molar-refractivity contribution in [1.82, 2.24) is 34.9 Å². The summed E-state index contributed by atoms with van der Waals surface area (Å²) in [6, 6.07) is 1.92. The van der Waals surface area contributed by atoms with Gasteiger partial charge in [0.05, 0.1) is 17.9 Å². The summed E-state index contributed by atoms with van der Waals surface area (Å²) < 4.78 is 12.3. The number of rotatable bonds is 4. The molecule has 0 aromatic carbocycles. The molecule has 1 fully saturated rings. The summed E-state index contributed by atoms with van der Waals surface area (Å²) in [6.45, 7) is 13.5. The molecule has 0 bridgehead atoms. The maximum absolute atomic E-state index is 13.2. The minimum absolute atomic E-state index is 0.0256. The Labute approximate surface area is 187 Å². The molecule has 172 valence electrons. The molecular weight excluding hydrogens is 410 g/mol. The van der Waals surface area contributed by atoms with Gasteiger partial charge in [0, 0.05) is 38.6 Å². The van der Waals surface area contributed by atoms with Crippen molar-refractivity contribution in [3.63, 3.8) is 0 Å². The van der Waals surface area contributed by atoms with Gasteiger partial charge >= 0.3 is 0 Å². The van der Waals surface area contributed by atoms with E-state index < -0.39 is 0 Å². The summed E-state index contributed by atoms with van der Waals surface area (Å²) in [5.41, 5.74) is 2.93. The predicted octanol–water partition coefficient (Wildman–Crippen LogP) is 2.72. The standard InChI is InChI=1S/C22H31N7O3/c1-14-19(15(2)31-25-14)20-23-18(26-32-20)13-28-8-7-9-29(11-10-28)21(30)16-12-17(22(3,4)5)24-27(16)6/h12H,7-11,13H2,1-6H3. The third kappa shape index (κ3) is 4.45. The smallest absolute Gasteiger partial charge is 0.272 e. The molecule has 0 aliphatic carbocycles. The fourth-order valence-corrected chi connectivity index (χ4v) is 3.94. The van der Waals surface area contributed by atoms with Crippen LogP contribution in [-0.4, -0.2) is 67.0 Å². The van der Waals surface area contributed by atoms with Gasteiger partial charge < -0.3 is 13.9 Å². The summed E-state index contributed by atoms with van der Waals surface area (Å²) in [5, 5.41) is 12.6. The summed E-state index contributed by atoms with van der Waals surface area (Å²) in [5.74, 6) is 1.72. The molecule has 0 saturated carbocycles. The molecule has 0 spiro atoms. The second-order valence-electron chi connectivity index (χ2n) is 9.43. The van der Waals surface area contributed by atoms with Gasteiger partial charge in [-0.3, -0.25) is 14.4 Å². The second-order valence-corrected chi connectivity index (χ2v) is 9.43. The van der Waals surface area contributed by atoms with Crippen LogP contribution in [0.5, 0.6) is 0 Å². The minimum Gasteiger partial charge on any atom is -0.361 e. The molecule has 0 N–H and O–H groups in total. The van der Waals surface area contributed by atoms with Gasteiger partial charge in [-0.1, -0.05) is 31.1 Å². The van der Waals surface area contributed by atoms with E-state index in [4.69, 9.17) is 9.05 Å². The minimum atomic E-state index is -0.0983. The molecule has 3 aromatic rings. The highest BCUT2D eigenvalue weighted by atomic mass is 16.5. The van der Waals surface area contributed by atoms with Crippen molar-refractivity contribution in [3.8, 4) is 11.5 Å². The van der Waals surface area contributed by atoms with E-state index in [0.29, 0.717) is 42.8 Å². The van der Waals surface area contributed by atoms with Crippen molar-refractivity contribution in [3.05, 3.63) is 34.7 Å². The van der Waals surface area contributed by atoms with Crippen molar-refractivity contribution in [2.24, 2.45) is 7.05 Å². The van der Waals surface area contributed by atoms with Crippen LogP contribution >= 0.6 is 0 Å². The lowest BCUT2D eigenvalue weighted by Gasteiger charge is -2.21. The van der Waals surface area contributed by atoms with Gasteiger partial charge in [0.1, 0.15) is 17.0 Å². The SMILES string of the molecule is Cc1noc(C)c1-c1nc(CN2CCCN(C(=O)c3cc(C(C)(C)C)nn3C)CC2)no1. The van der Waals surface area contributed by atoms with Crippen LogP contribution in [0.2, 0.25) is 0 Å². The van der Waals surface area contributed by atoms with Crippen molar-refractivity contribution in [2.45, 2.75) is 53.0 Å².